The van der Waals surface area contributed by atoms with Gasteiger partial charge in [-0.05, 0) is 18.2 Å². The smallest absolute Gasteiger partial charge is 0.388 e. The van der Waals surface area contributed by atoms with Crippen molar-refractivity contribution in [1.82, 2.24) is 15.3 Å². The number of amides is 1. The van der Waals surface area contributed by atoms with Gasteiger partial charge in [-0.2, -0.15) is 13.2 Å². The molecule has 0 saturated carbocycles. The molecule has 1 aromatic heterocycles. The normalized spacial score (nSPS) is 11.2. The number of aromatic nitrogens is 2. The molecule has 0 aliphatic heterocycles. The first-order valence-corrected chi connectivity index (χ1v) is 6.06. The van der Waals surface area contributed by atoms with Crippen LogP contribution < -0.4 is 10.6 Å². The third-order valence-electron chi connectivity index (χ3n) is 2.85. The third-order valence-corrected chi connectivity index (χ3v) is 2.85. The number of carbonyl (C=O) groups excluding carboxylic acids is 1. The SMILES string of the molecule is CNc1ccc(C(=O)NCc2cnc[nH]2)cc1C(F)(F)F. The van der Waals surface area contributed by atoms with E-state index in [9.17, 15) is 18.0 Å². The zero-order chi connectivity index (χ0) is 15.5. The number of rotatable bonds is 4. The van der Waals surface area contributed by atoms with E-state index in [1.807, 2.05) is 0 Å². The molecule has 0 bridgehead atoms. The molecular weight excluding hydrogens is 285 g/mol. The molecule has 8 heteroatoms. The summed E-state index contributed by atoms with van der Waals surface area (Å²) in [6.07, 6.45) is -1.56. The standard InChI is InChI=1S/C13H13F3N4O/c1-17-11-3-2-8(4-10(11)13(14,15)16)12(21)19-6-9-5-18-7-20-9/h2-5,7,17H,6H2,1H3,(H,18,20)(H,19,21). The van der Waals surface area contributed by atoms with Crippen LogP contribution in [0.15, 0.2) is 30.7 Å². The predicted molar refractivity (Wildman–Crippen MR) is 70.7 cm³/mol. The van der Waals surface area contributed by atoms with E-state index < -0.39 is 17.6 Å². The summed E-state index contributed by atoms with van der Waals surface area (Å²) in [6.45, 7) is 0.161. The van der Waals surface area contributed by atoms with E-state index >= 15 is 0 Å². The number of carbonyl (C=O) groups is 1. The number of imidazole rings is 1. The van der Waals surface area contributed by atoms with Gasteiger partial charge in [-0.1, -0.05) is 0 Å². The summed E-state index contributed by atoms with van der Waals surface area (Å²) in [4.78, 5) is 18.4. The van der Waals surface area contributed by atoms with Crippen molar-refractivity contribution >= 4 is 11.6 Å². The average molecular weight is 298 g/mol. The Morgan fingerprint density at radius 1 is 1.38 bits per heavy atom. The number of nitrogens with one attached hydrogen (secondary N) is 3. The molecule has 0 spiro atoms. The van der Waals surface area contributed by atoms with Crippen LogP contribution in [0.4, 0.5) is 18.9 Å². The molecule has 0 radical (unpaired) electrons. The fraction of sp³-hybridized carbons (Fsp3) is 0.231. The monoisotopic (exact) mass is 298 g/mol. The van der Waals surface area contributed by atoms with Crippen LogP contribution in [-0.4, -0.2) is 22.9 Å². The van der Waals surface area contributed by atoms with Crippen LogP contribution in [0, 0.1) is 0 Å². The first-order valence-electron chi connectivity index (χ1n) is 6.06. The summed E-state index contributed by atoms with van der Waals surface area (Å²) >= 11 is 0. The molecule has 0 saturated heterocycles. The van der Waals surface area contributed by atoms with Crippen molar-refractivity contribution in [2.75, 3.05) is 12.4 Å². The Morgan fingerprint density at radius 3 is 2.71 bits per heavy atom. The highest BCUT2D eigenvalue weighted by Gasteiger charge is 2.34. The molecule has 3 N–H and O–H groups in total. The summed E-state index contributed by atoms with van der Waals surface area (Å²) in [5, 5.41) is 4.98. The molecular formula is C13H13F3N4O. The highest BCUT2D eigenvalue weighted by Crippen LogP contribution is 2.35. The Balaban J connectivity index is 2.17. The van der Waals surface area contributed by atoms with Gasteiger partial charge >= 0.3 is 6.18 Å². The number of anilines is 1. The maximum absolute atomic E-state index is 12.9. The summed E-state index contributed by atoms with van der Waals surface area (Å²) < 4.78 is 38.7. The van der Waals surface area contributed by atoms with Crippen molar-refractivity contribution in [1.29, 1.82) is 0 Å². The molecule has 0 atom stereocenters. The minimum absolute atomic E-state index is 0.0548. The van der Waals surface area contributed by atoms with Gasteiger partial charge < -0.3 is 15.6 Å². The van der Waals surface area contributed by atoms with E-state index in [2.05, 4.69) is 20.6 Å². The highest BCUT2D eigenvalue weighted by atomic mass is 19.4. The second kappa shape index (κ2) is 5.86. The van der Waals surface area contributed by atoms with Crippen LogP contribution in [0.25, 0.3) is 0 Å². The molecule has 2 aromatic rings. The number of hydrogen-bond donors (Lipinski definition) is 3. The number of halogens is 3. The van der Waals surface area contributed by atoms with E-state index in [-0.39, 0.29) is 17.8 Å². The number of alkyl halides is 3. The van der Waals surface area contributed by atoms with Crippen LogP contribution in [0.1, 0.15) is 21.6 Å². The predicted octanol–water partition coefficient (Wildman–Crippen LogP) is 2.40. The van der Waals surface area contributed by atoms with Gasteiger partial charge in [0, 0.05) is 24.5 Å². The molecule has 112 valence electrons. The van der Waals surface area contributed by atoms with E-state index in [1.165, 1.54) is 31.7 Å². The van der Waals surface area contributed by atoms with E-state index in [0.717, 1.165) is 6.07 Å². The summed E-state index contributed by atoms with van der Waals surface area (Å²) in [5.74, 6) is -0.585. The Labute approximate surface area is 118 Å². The second-order valence-electron chi connectivity index (χ2n) is 4.27. The van der Waals surface area contributed by atoms with Gasteiger partial charge in [-0.3, -0.25) is 4.79 Å². The molecule has 1 aromatic carbocycles. The lowest BCUT2D eigenvalue weighted by Gasteiger charge is -2.14. The lowest BCUT2D eigenvalue weighted by molar-refractivity contribution is -0.136. The lowest BCUT2D eigenvalue weighted by atomic mass is 10.1. The minimum Gasteiger partial charge on any atom is -0.388 e. The quantitative estimate of drug-likeness (QED) is 0.812. The molecule has 0 fully saturated rings. The van der Waals surface area contributed by atoms with E-state index in [0.29, 0.717) is 5.69 Å². The topological polar surface area (TPSA) is 69.8 Å². The molecule has 0 aliphatic carbocycles. The number of hydrogen-bond acceptors (Lipinski definition) is 3. The second-order valence-corrected chi connectivity index (χ2v) is 4.27. The first-order chi connectivity index (χ1) is 9.91. The Bertz CT molecular complexity index is 623. The van der Waals surface area contributed by atoms with Crippen LogP contribution in [0.5, 0.6) is 0 Å². The average Bonchev–Trinajstić information content (AvgIpc) is 2.96. The lowest BCUT2D eigenvalue weighted by Crippen LogP contribution is -2.23. The van der Waals surface area contributed by atoms with Gasteiger partial charge in [0.25, 0.3) is 5.91 Å². The van der Waals surface area contributed by atoms with Crippen LogP contribution >= 0.6 is 0 Å². The molecule has 5 nitrogen and oxygen atoms in total. The third kappa shape index (κ3) is 3.53. The Kier molecular flexibility index (Phi) is 4.15. The first kappa shape index (κ1) is 14.9. The van der Waals surface area contributed by atoms with Crippen molar-refractivity contribution in [3.8, 4) is 0 Å². The summed E-state index contributed by atoms with van der Waals surface area (Å²) in [5.41, 5.74) is -0.348. The van der Waals surface area contributed by atoms with Gasteiger partial charge in [0.1, 0.15) is 0 Å². The maximum Gasteiger partial charge on any atom is 0.418 e. The molecule has 1 amide bonds. The highest BCUT2D eigenvalue weighted by molar-refractivity contribution is 5.94. The number of H-pyrrole nitrogens is 1. The number of nitrogens with zero attached hydrogens (tertiary/aromatic N) is 1. The fourth-order valence-corrected chi connectivity index (χ4v) is 1.80. The molecule has 21 heavy (non-hydrogen) atoms. The van der Waals surface area contributed by atoms with E-state index in [4.69, 9.17) is 0 Å². The van der Waals surface area contributed by atoms with Gasteiger partial charge in [0.05, 0.1) is 24.1 Å². The van der Waals surface area contributed by atoms with Crippen molar-refractivity contribution < 1.29 is 18.0 Å². The van der Waals surface area contributed by atoms with Gasteiger partial charge in [0.2, 0.25) is 0 Å². The Morgan fingerprint density at radius 2 is 2.14 bits per heavy atom. The summed E-state index contributed by atoms with van der Waals surface area (Å²) in [7, 11) is 1.39. The van der Waals surface area contributed by atoms with Crippen molar-refractivity contribution in [3.05, 3.63) is 47.5 Å². The largest absolute Gasteiger partial charge is 0.418 e. The minimum atomic E-state index is -4.53. The van der Waals surface area contributed by atoms with Crippen molar-refractivity contribution in [2.45, 2.75) is 12.7 Å². The van der Waals surface area contributed by atoms with E-state index in [1.54, 1.807) is 0 Å². The fourth-order valence-electron chi connectivity index (χ4n) is 1.80. The Hall–Kier alpha value is -2.51. The number of aromatic amines is 1. The molecule has 0 aliphatic rings. The molecule has 1 heterocycles. The molecule has 2 rings (SSSR count). The molecule has 0 unspecified atom stereocenters. The zero-order valence-electron chi connectivity index (χ0n) is 11.1. The maximum atomic E-state index is 12.9. The van der Waals surface area contributed by atoms with Crippen LogP contribution in [0.2, 0.25) is 0 Å². The van der Waals surface area contributed by atoms with Gasteiger partial charge in [-0.15, -0.1) is 0 Å². The van der Waals surface area contributed by atoms with Crippen molar-refractivity contribution in [2.24, 2.45) is 0 Å². The van der Waals surface area contributed by atoms with Crippen LogP contribution in [0.3, 0.4) is 0 Å². The van der Waals surface area contributed by atoms with Gasteiger partial charge in [-0.25, -0.2) is 4.98 Å². The van der Waals surface area contributed by atoms with Crippen molar-refractivity contribution in [3.63, 3.8) is 0 Å². The summed E-state index contributed by atoms with van der Waals surface area (Å²) in [6, 6.07) is 3.39. The van der Waals surface area contributed by atoms with Gasteiger partial charge in [0.15, 0.2) is 0 Å². The van der Waals surface area contributed by atoms with Crippen LogP contribution in [-0.2, 0) is 12.7 Å². The number of benzene rings is 1. The zero-order valence-corrected chi connectivity index (χ0v) is 11.1.